The first kappa shape index (κ1) is 32.0. The smallest absolute Gasteiger partial charge is 0.262 e. The number of para-hydroxylation sites is 2. The zero-order valence-electron chi connectivity index (χ0n) is 24.7. The molecule has 2 heterocycles. The summed E-state index contributed by atoms with van der Waals surface area (Å²) in [6.07, 6.45) is 0.637. The molecule has 0 bridgehead atoms. The van der Waals surface area contributed by atoms with Crippen LogP contribution in [0.2, 0.25) is 10.0 Å². The molecule has 6 rings (SSSR count). The lowest BCUT2D eigenvalue weighted by Gasteiger charge is -2.24. The molecule has 1 aliphatic rings. The molecule has 13 heteroatoms. The molecule has 1 aliphatic heterocycles. The van der Waals surface area contributed by atoms with Crippen molar-refractivity contribution in [2.24, 2.45) is 0 Å². The van der Waals surface area contributed by atoms with Crippen molar-refractivity contribution in [3.05, 3.63) is 106 Å². The van der Waals surface area contributed by atoms with Gasteiger partial charge in [-0.05, 0) is 73.0 Å². The van der Waals surface area contributed by atoms with Crippen LogP contribution in [-0.2, 0) is 26.0 Å². The van der Waals surface area contributed by atoms with E-state index >= 15 is 0 Å². The van der Waals surface area contributed by atoms with E-state index in [0.29, 0.717) is 29.7 Å². The number of amides is 2. The predicted octanol–water partition coefficient (Wildman–Crippen LogP) is 6.64. The fourth-order valence-electron chi connectivity index (χ4n) is 5.01. The minimum absolute atomic E-state index is 0.00563. The second kappa shape index (κ2) is 13.3. The summed E-state index contributed by atoms with van der Waals surface area (Å²) in [7, 11) is -4.13. The lowest BCUT2D eigenvalue weighted by atomic mass is 10.1. The van der Waals surface area contributed by atoms with Gasteiger partial charge in [-0.15, -0.1) is 5.10 Å². The lowest BCUT2D eigenvalue weighted by Crippen LogP contribution is -2.42. The van der Waals surface area contributed by atoms with E-state index in [-0.39, 0.29) is 26.3 Å². The Morgan fingerprint density at radius 2 is 1.58 bits per heavy atom. The van der Waals surface area contributed by atoms with Crippen LogP contribution in [0.4, 0.5) is 17.1 Å². The highest BCUT2D eigenvalue weighted by Gasteiger charge is 2.38. The highest BCUT2D eigenvalue weighted by atomic mass is 35.5. The number of hydrogen-bond acceptors (Lipinski definition) is 6. The maximum atomic E-state index is 14.1. The summed E-state index contributed by atoms with van der Waals surface area (Å²) in [5.41, 5.74) is 3.68. The van der Waals surface area contributed by atoms with Crippen molar-refractivity contribution in [1.82, 2.24) is 15.0 Å². The summed E-state index contributed by atoms with van der Waals surface area (Å²) in [5.74, 6) is -1.29. The van der Waals surface area contributed by atoms with Crippen LogP contribution < -0.4 is 14.9 Å². The molecule has 45 heavy (non-hydrogen) atoms. The van der Waals surface area contributed by atoms with Crippen molar-refractivity contribution in [3.63, 3.8) is 0 Å². The van der Waals surface area contributed by atoms with Gasteiger partial charge < -0.3 is 10.2 Å². The van der Waals surface area contributed by atoms with E-state index in [2.05, 4.69) is 20.4 Å². The van der Waals surface area contributed by atoms with Gasteiger partial charge in [0, 0.05) is 12.2 Å². The van der Waals surface area contributed by atoms with Crippen molar-refractivity contribution >= 4 is 73.1 Å². The zero-order valence-corrected chi connectivity index (χ0v) is 27.0. The number of benzene rings is 4. The van der Waals surface area contributed by atoms with E-state index in [4.69, 9.17) is 23.2 Å². The van der Waals surface area contributed by atoms with Crippen LogP contribution in [0, 0.1) is 6.92 Å². The summed E-state index contributed by atoms with van der Waals surface area (Å²) in [6, 6.07) is 21.8. The van der Waals surface area contributed by atoms with Crippen LogP contribution >= 0.6 is 23.2 Å². The van der Waals surface area contributed by atoms with Gasteiger partial charge in [0.05, 0.1) is 31.8 Å². The van der Waals surface area contributed by atoms with Gasteiger partial charge in [-0.3, -0.25) is 14.3 Å². The van der Waals surface area contributed by atoms with Gasteiger partial charge in [0.25, 0.3) is 21.8 Å². The molecule has 0 aliphatic carbocycles. The predicted molar refractivity (Wildman–Crippen MR) is 177 cm³/mol. The van der Waals surface area contributed by atoms with Crippen molar-refractivity contribution in [3.8, 4) is 0 Å². The maximum absolute atomic E-state index is 14.1. The van der Waals surface area contributed by atoms with Crippen LogP contribution in [0.15, 0.2) is 89.8 Å². The number of hydrogen-bond donors (Lipinski definition) is 2. The monoisotopic (exact) mass is 664 g/mol. The Bertz CT molecular complexity index is 2010. The number of carbonyl (C=O) groups is 2. The summed E-state index contributed by atoms with van der Waals surface area (Å²) in [5, 5.41) is 11.3. The number of nitrogens with one attached hydrogen (secondary N) is 2. The minimum atomic E-state index is -4.13. The number of aryl methyl sites for hydroxylation is 1. The third kappa shape index (κ3) is 6.51. The van der Waals surface area contributed by atoms with E-state index in [1.54, 1.807) is 54.3 Å². The van der Waals surface area contributed by atoms with Crippen LogP contribution in [-0.4, -0.2) is 41.8 Å². The van der Waals surface area contributed by atoms with Gasteiger partial charge in [-0.25, -0.2) is 13.1 Å². The van der Waals surface area contributed by atoms with Crippen LogP contribution in [0.3, 0.4) is 0 Å². The Kier molecular flexibility index (Phi) is 9.42. The average molecular weight is 666 g/mol. The first-order valence-corrected chi connectivity index (χ1v) is 16.4. The van der Waals surface area contributed by atoms with E-state index in [1.807, 2.05) is 38.1 Å². The van der Waals surface area contributed by atoms with E-state index < -0.39 is 27.9 Å². The fraction of sp³-hybridized carbons (Fsp3) is 0.188. The van der Waals surface area contributed by atoms with E-state index in [1.165, 1.54) is 22.9 Å². The van der Waals surface area contributed by atoms with Crippen molar-refractivity contribution in [2.75, 3.05) is 21.5 Å². The molecule has 1 atom stereocenters. The molecule has 10 nitrogen and oxygen atoms in total. The minimum Gasteiger partial charge on any atom is -0.322 e. The summed E-state index contributed by atoms with van der Waals surface area (Å²) < 4.78 is 30.3. The number of fused-ring (bicyclic) bond motifs is 2. The Morgan fingerprint density at radius 3 is 2.38 bits per heavy atom. The standard InChI is InChI=1S/C30H24Cl2N6O4S.C2H6/c1-18-10-12-22(32)25(16-18)35-43(41,42)20-11-13-21(31)24(17-20)33-29(39)28(38-27-9-5-3-7-23(27)34-36-38)30(40)37-15-14-19-6-2-4-8-26(19)37;1-2/h2-13,16-17,28,35H,14-15H2,1H3,(H,33,39);1-2H3. The highest BCUT2D eigenvalue weighted by molar-refractivity contribution is 7.92. The number of anilines is 3. The van der Waals surface area contributed by atoms with Crippen molar-refractivity contribution in [2.45, 2.75) is 38.1 Å². The van der Waals surface area contributed by atoms with Gasteiger partial charge in [0.1, 0.15) is 5.52 Å². The highest BCUT2D eigenvalue weighted by Crippen LogP contribution is 2.33. The Labute approximate surface area is 271 Å². The second-order valence-corrected chi connectivity index (χ2v) is 12.5. The number of aromatic nitrogens is 3. The van der Waals surface area contributed by atoms with E-state index in [9.17, 15) is 18.0 Å². The average Bonchev–Trinajstić information content (AvgIpc) is 3.66. The molecule has 0 spiro atoms. The maximum Gasteiger partial charge on any atom is 0.262 e. The third-order valence-electron chi connectivity index (χ3n) is 7.13. The molecule has 0 fully saturated rings. The van der Waals surface area contributed by atoms with Crippen LogP contribution in [0.25, 0.3) is 11.0 Å². The van der Waals surface area contributed by atoms with Gasteiger partial charge in [-0.2, -0.15) is 0 Å². The summed E-state index contributed by atoms with van der Waals surface area (Å²) in [4.78, 5) is 29.4. The molecule has 0 radical (unpaired) electrons. The molecule has 5 aromatic rings. The van der Waals surface area contributed by atoms with Crippen molar-refractivity contribution in [1.29, 1.82) is 0 Å². The molecular formula is C32H30Cl2N6O4S. The lowest BCUT2D eigenvalue weighted by molar-refractivity contribution is -0.130. The Hall–Kier alpha value is -4.45. The SMILES string of the molecule is CC.Cc1ccc(Cl)c(NS(=O)(=O)c2ccc(Cl)c(NC(=O)C(C(=O)N3CCc4ccccc43)n3nnc4ccccc43)c2)c1. The largest absolute Gasteiger partial charge is 0.322 e. The second-order valence-electron chi connectivity index (χ2n) is 10.0. The van der Waals surface area contributed by atoms with Crippen molar-refractivity contribution < 1.29 is 18.0 Å². The zero-order chi connectivity index (χ0) is 32.3. The number of carbonyl (C=O) groups excluding carboxylic acids is 2. The van der Waals surface area contributed by atoms with Crippen LogP contribution in [0.1, 0.15) is 31.0 Å². The molecular weight excluding hydrogens is 635 g/mol. The van der Waals surface area contributed by atoms with Gasteiger partial charge in [0.2, 0.25) is 6.04 Å². The Balaban J connectivity index is 0.00000196. The number of nitrogens with zero attached hydrogens (tertiary/aromatic N) is 4. The van der Waals surface area contributed by atoms with Gasteiger partial charge >= 0.3 is 0 Å². The van der Waals surface area contributed by atoms with E-state index in [0.717, 1.165) is 11.1 Å². The molecule has 2 amide bonds. The third-order valence-corrected chi connectivity index (χ3v) is 9.15. The topological polar surface area (TPSA) is 126 Å². The molecule has 1 aromatic heterocycles. The summed E-state index contributed by atoms with van der Waals surface area (Å²) in [6.45, 7) is 6.19. The molecule has 232 valence electrons. The normalized spacial score (nSPS) is 13.0. The number of halogens is 2. The molecule has 4 aromatic carbocycles. The van der Waals surface area contributed by atoms with Gasteiger partial charge in [-0.1, -0.05) is 78.7 Å². The Morgan fingerprint density at radius 1 is 0.889 bits per heavy atom. The van der Waals surface area contributed by atoms with Gasteiger partial charge in [0.15, 0.2) is 0 Å². The van der Waals surface area contributed by atoms with Crippen LogP contribution in [0.5, 0.6) is 0 Å². The molecule has 1 unspecified atom stereocenters. The number of sulfonamides is 1. The molecule has 0 saturated carbocycles. The fourth-order valence-corrected chi connectivity index (χ4v) is 6.49. The first-order chi connectivity index (χ1) is 21.6. The number of rotatable bonds is 7. The molecule has 2 N–H and O–H groups in total. The first-order valence-electron chi connectivity index (χ1n) is 14.2. The molecule has 0 saturated heterocycles. The summed E-state index contributed by atoms with van der Waals surface area (Å²) >= 11 is 12.6. The quantitative estimate of drug-likeness (QED) is 0.188.